The molecule has 0 rings (SSSR count). The van der Waals surface area contributed by atoms with Crippen molar-refractivity contribution in [3.05, 3.63) is 12.2 Å². The molecule has 0 saturated heterocycles. The number of hydrogen-bond acceptors (Lipinski definition) is 1. The summed E-state index contributed by atoms with van der Waals surface area (Å²) in [4.78, 5) is 0. The van der Waals surface area contributed by atoms with E-state index < -0.39 is 0 Å². The van der Waals surface area contributed by atoms with Crippen LogP contribution >= 0.6 is 0 Å². The van der Waals surface area contributed by atoms with Crippen molar-refractivity contribution >= 4 is 0 Å². The lowest BCUT2D eigenvalue weighted by molar-refractivity contribution is 0.498. The molecule has 0 fully saturated rings. The van der Waals surface area contributed by atoms with E-state index in [4.69, 9.17) is 5.73 Å². The van der Waals surface area contributed by atoms with Crippen molar-refractivity contribution in [2.45, 2.75) is 46.1 Å². The summed E-state index contributed by atoms with van der Waals surface area (Å²) in [6.45, 7) is 6.46. The minimum Gasteiger partial charge on any atom is -0.328 e. The Bertz CT molecular complexity index is 107. The molecule has 0 amide bonds. The lowest BCUT2D eigenvalue weighted by atomic mass is 9.99. The molecule has 66 valence electrons. The van der Waals surface area contributed by atoms with E-state index in [1.165, 1.54) is 6.42 Å². The summed E-state index contributed by atoms with van der Waals surface area (Å²) < 4.78 is 0. The highest BCUT2D eigenvalue weighted by Crippen LogP contribution is 2.09. The van der Waals surface area contributed by atoms with Crippen LogP contribution in [-0.2, 0) is 0 Å². The minimum absolute atomic E-state index is 0.395. The van der Waals surface area contributed by atoms with Crippen molar-refractivity contribution in [3.8, 4) is 0 Å². The van der Waals surface area contributed by atoms with Gasteiger partial charge in [-0.15, -0.1) is 0 Å². The second-order valence-corrected chi connectivity index (χ2v) is 3.29. The van der Waals surface area contributed by atoms with Gasteiger partial charge >= 0.3 is 0 Å². The van der Waals surface area contributed by atoms with Gasteiger partial charge in [-0.3, -0.25) is 0 Å². The topological polar surface area (TPSA) is 26.0 Å². The zero-order valence-corrected chi connectivity index (χ0v) is 8.01. The molecule has 0 aliphatic carbocycles. The van der Waals surface area contributed by atoms with Gasteiger partial charge in [0.05, 0.1) is 0 Å². The smallest absolute Gasteiger partial charge is 0.00442 e. The fraction of sp³-hybridized carbons (Fsp3) is 0.800. The van der Waals surface area contributed by atoms with E-state index >= 15 is 0 Å². The molecule has 0 aromatic rings. The second-order valence-electron chi connectivity index (χ2n) is 3.29. The Labute approximate surface area is 70.7 Å². The molecule has 0 aromatic carbocycles. The first kappa shape index (κ1) is 10.7. The standard InChI is InChI=1S/C10H21N/c1-4-6-9(3)8-10(11)7-5-2/h4,6,9-10H,5,7-8,11H2,1-3H3/b6-4+. The maximum Gasteiger partial charge on any atom is 0.00442 e. The molecule has 0 aliphatic rings. The summed E-state index contributed by atoms with van der Waals surface area (Å²) in [5.41, 5.74) is 5.88. The first-order valence-electron chi connectivity index (χ1n) is 4.59. The SMILES string of the molecule is C/C=C/C(C)CC(N)CCC. The van der Waals surface area contributed by atoms with Crippen molar-refractivity contribution in [2.75, 3.05) is 0 Å². The van der Waals surface area contributed by atoms with Crippen LogP contribution in [0.4, 0.5) is 0 Å². The molecule has 0 heterocycles. The summed E-state index contributed by atoms with van der Waals surface area (Å²) in [5.74, 6) is 0.640. The van der Waals surface area contributed by atoms with Crippen LogP contribution in [-0.4, -0.2) is 6.04 Å². The quantitative estimate of drug-likeness (QED) is 0.607. The van der Waals surface area contributed by atoms with Crippen molar-refractivity contribution in [2.24, 2.45) is 11.7 Å². The molecule has 11 heavy (non-hydrogen) atoms. The van der Waals surface area contributed by atoms with Crippen LogP contribution in [0, 0.1) is 5.92 Å². The maximum atomic E-state index is 5.88. The molecule has 2 atom stereocenters. The Hall–Kier alpha value is -0.300. The Morgan fingerprint density at radius 1 is 1.45 bits per heavy atom. The second kappa shape index (κ2) is 6.41. The van der Waals surface area contributed by atoms with Crippen LogP contribution in [0.1, 0.15) is 40.0 Å². The van der Waals surface area contributed by atoms with Crippen molar-refractivity contribution in [1.82, 2.24) is 0 Å². The van der Waals surface area contributed by atoms with Crippen LogP contribution in [0.25, 0.3) is 0 Å². The van der Waals surface area contributed by atoms with Crippen LogP contribution < -0.4 is 5.73 Å². The Morgan fingerprint density at radius 3 is 2.55 bits per heavy atom. The average Bonchev–Trinajstić information content (AvgIpc) is 1.87. The molecule has 0 radical (unpaired) electrons. The van der Waals surface area contributed by atoms with Gasteiger partial charge in [0, 0.05) is 6.04 Å². The van der Waals surface area contributed by atoms with E-state index in [0.717, 1.165) is 12.8 Å². The Balaban J connectivity index is 3.48. The Morgan fingerprint density at radius 2 is 2.09 bits per heavy atom. The number of allylic oxidation sites excluding steroid dienone is 2. The predicted molar refractivity (Wildman–Crippen MR) is 51.5 cm³/mol. The van der Waals surface area contributed by atoms with Crippen molar-refractivity contribution < 1.29 is 0 Å². The van der Waals surface area contributed by atoms with E-state index in [0.29, 0.717) is 12.0 Å². The molecule has 0 aromatic heterocycles. The molecule has 0 spiro atoms. The number of nitrogens with two attached hydrogens (primary N) is 1. The third-order valence-electron chi connectivity index (χ3n) is 1.85. The number of hydrogen-bond donors (Lipinski definition) is 1. The monoisotopic (exact) mass is 155 g/mol. The summed E-state index contributed by atoms with van der Waals surface area (Å²) in [7, 11) is 0. The van der Waals surface area contributed by atoms with Gasteiger partial charge in [-0.1, -0.05) is 32.4 Å². The molecule has 1 nitrogen and oxygen atoms in total. The molecular weight excluding hydrogens is 134 g/mol. The summed E-state index contributed by atoms with van der Waals surface area (Å²) >= 11 is 0. The van der Waals surface area contributed by atoms with Gasteiger partial charge in [-0.25, -0.2) is 0 Å². The van der Waals surface area contributed by atoms with Gasteiger partial charge in [0.2, 0.25) is 0 Å². The Kier molecular flexibility index (Phi) is 6.24. The summed E-state index contributed by atoms with van der Waals surface area (Å²) in [6, 6.07) is 0.395. The van der Waals surface area contributed by atoms with Gasteiger partial charge in [-0.05, 0) is 25.7 Å². The summed E-state index contributed by atoms with van der Waals surface area (Å²) in [6.07, 6.45) is 7.79. The highest BCUT2D eigenvalue weighted by molar-refractivity contribution is 4.84. The molecule has 2 unspecified atom stereocenters. The summed E-state index contributed by atoms with van der Waals surface area (Å²) in [5, 5.41) is 0. The predicted octanol–water partition coefficient (Wildman–Crippen LogP) is 2.72. The lowest BCUT2D eigenvalue weighted by Gasteiger charge is -2.12. The van der Waals surface area contributed by atoms with Gasteiger partial charge in [0.15, 0.2) is 0 Å². The fourth-order valence-corrected chi connectivity index (χ4v) is 1.37. The van der Waals surface area contributed by atoms with Crippen molar-refractivity contribution in [1.29, 1.82) is 0 Å². The highest BCUT2D eigenvalue weighted by atomic mass is 14.6. The molecular formula is C10H21N. The largest absolute Gasteiger partial charge is 0.328 e. The van der Waals surface area contributed by atoms with Gasteiger partial charge in [0.25, 0.3) is 0 Å². The molecule has 0 saturated carbocycles. The van der Waals surface area contributed by atoms with E-state index in [9.17, 15) is 0 Å². The number of rotatable bonds is 5. The third-order valence-corrected chi connectivity index (χ3v) is 1.85. The van der Waals surface area contributed by atoms with E-state index in [2.05, 4.69) is 32.9 Å². The molecule has 1 heteroatoms. The maximum absolute atomic E-state index is 5.88. The molecule has 2 N–H and O–H groups in total. The minimum atomic E-state index is 0.395. The lowest BCUT2D eigenvalue weighted by Crippen LogP contribution is -2.21. The van der Waals surface area contributed by atoms with E-state index in [1.54, 1.807) is 0 Å². The van der Waals surface area contributed by atoms with Gasteiger partial charge in [-0.2, -0.15) is 0 Å². The van der Waals surface area contributed by atoms with Crippen LogP contribution in [0.2, 0.25) is 0 Å². The van der Waals surface area contributed by atoms with Gasteiger partial charge in [0.1, 0.15) is 0 Å². The van der Waals surface area contributed by atoms with Gasteiger partial charge < -0.3 is 5.73 Å². The van der Waals surface area contributed by atoms with Crippen molar-refractivity contribution in [3.63, 3.8) is 0 Å². The van der Waals surface area contributed by atoms with Crippen LogP contribution in [0.3, 0.4) is 0 Å². The zero-order valence-electron chi connectivity index (χ0n) is 8.01. The van der Waals surface area contributed by atoms with E-state index in [1.807, 2.05) is 0 Å². The molecule has 0 aliphatic heterocycles. The first-order chi connectivity index (χ1) is 5.20. The molecule has 0 bridgehead atoms. The van der Waals surface area contributed by atoms with Crippen LogP contribution in [0.5, 0.6) is 0 Å². The van der Waals surface area contributed by atoms with E-state index in [-0.39, 0.29) is 0 Å². The average molecular weight is 155 g/mol. The third kappa shape index (κ3) is 6.11. The van der Waals surface area contributed by atoms with Crippen LogP contribution in [0.15, 0.2) is 12.2 Å². The first-order valence-corrected chi connectivity index (χ1v) is 4.59. The fourth-order valence-electron chi connectivity index (χ4n) is 1.37. The highest BCUT2D eigenvalue weighted by Gasteiger charge is 2.04. The zero-order chi connectivity index (χ0) is 8.69. The normalized spacial score (nSPS) is 17.1.